The summed E-state index contributed by atoms with van der Waals surface area (Å²) in [6.07, 6.45) is 4.24. The van der Waals surface area contributed by atoms with Crippen LogP contribution in [0.5, 0.6) is 0 Å². The van der Waals surface area contributed by atoms with E-state index in [2.05, 4.69) is 48.9 Å². The van der Waals surface area contributed by atoms with Crippen LogP contribution in [-0.2, 0) is 13.0 Å². The topological polar surface area (TPSA) is 71.4 Å². The Morgan fingerprint density at radius 1 is 1.15 bits per heavy atom. The fraction of sp³-hybridized carbons (Fsp3) is 0.222. The SMILES string of the molecule is CCn1c(=S)[nH]c2cc3c(NCCc4ccccn4)ncnc3cc21.Cl.Cl. The zero-order valence-corrected chi connectivity index (χ0v) is 17.1. The molecule has 0 fully saturated rings. The standard InChI is InChI=1S/C18H18N6S.2ClH/c1-2-24-16-10-14-13(9-15(16)23-18(24)25)17(22-11-21-14)20-8-6-12-5-3-4-7-19-12;;/h3-5,7,9-11H,2,6,8H2,1H3,(H,23,25)(H,20,21,22);2*1H. The van der Waals surface area contributed by atoms with Crippen LogP contribution in [0.4, 0.5) is 5.82 Å². The molecule has 0 unspecified atom stereocenters. The van der Waals surface area contributed by atoms with E-state index in [-0.39, 0.29) is 24.8 Å². The number of nitrogens with zero attached hydrogens (tertiary/aromatic N) is 4. The summed E-state index contributed by atoms with van der Waals surface area (Å²) in [6, 6.07) is 10.1. The molecule has 3 aromatic heterocycles. The first-order valence-corrected chi connectivity index (χ1v) is 8.68. The largest absolute Gasteiger partial charge is 0.369 e. The second kappa shape index (κ2) is 9.12. The lowest BCUT2D eigenvalue weighted by Crippen LogP contribution is -2.08. The minimum atomic E-state index is 0. The zero-order valence-electron chi connectivity index (χ0n) is 14.7. The number of anilines is 1. The summed E-state index contributed by atoms with van der Waals surface area (Å²) >= 11 is 5.40. The van der Waals surface area contributed by atoms with Crippen molar-refractivity contribution in [2.45, 2.75) is 19.9 Å². The molecule has 0 aliphatic carbocycles. The molecule has 0 saturated carbocycles. The molecule has 0 aliphatic rings. The summed E-state index contributed by atoms with van der Waals surface area (Å²) in [5.41, 5.74) is 4.03. The monoisotopic (exact) mass is 422 g/mol. The lowest BCUT2D eigenvalue weighted by Gasteiger charge is -2.08. The maximum absolute atomic E-state index is 5.40. The number of halogens is 2. The molecule has 0 bridgehead atoms. The number of imidazole rings is 1. The highest BCUT2D eigenvalue weighted by atomic mass is 35.5. The van der Waals surface area contributed by atoms with E-state index >= 15 is 0 Å². The Hall–Kier alpha value is -2.22. The summed E-state index contributed by atoms with van der Waals surface area (Å²) in [6.45, 7) is 3.66. The van der Waals surface area contributed by atoms with Gasteiger partial charge in [0, 0.05) is 36.8 Å². The van der Waals surface area contributed by atoms with E-state index in [9.17, 15) is 0 Å². The Kier molecular flexibility index (Phi) is 7.12. The Labute approximate surface area is 174 Å². The van der Waals surface area contributed by atoms with E-state index in [4.69, 9.17) is 12.2 Å². The number of aromatic nitrogens is 5. The maximum Gasteiger partial charge on any atom is 0.178 e. The van der Waals surface area contributed by atoms with Crippen LogP contribution in [0.1, 0.15) is 12.6 Å². The van der Waals surface area contributed by atoms with Gasteiger partial charge in [-0.3, -0.25) is 4.98 Å². The van der Waals surface area contributed by atoms with Gasteiger partial charge in [-0.25, -0.2) is 9.97 Å². The molecule has 0 amide bonds. The highest BCUT2D eigenvalue weighted by Gasteiger charge is 2.09. The maximum atomic E-state index is 5.40. The van der Waals surface area contributed by atoms with Crippen molar-refractivity contribution in [1.29, 1.82) is 0 Å². The molecule has 4 aromatic rings. The third-order valence-corrected chi connectivity index (χ3v) is 4.57. The average Bonchev–Trinajstić information content (AvgIpc) is 2.95. The van der Waals surface area contributed by atoms with Crippen molar-refractivity contribution < 1.29 is 0 Å². The summed E-state index contributed by atoms with van der Waals surface area (Å²) in [7, 11) is 0. The van der Waals surface area contributed by atoms with Crippen LogP contribution >= 0.6 is 37.0 Å². The molecule has 0 atom stereocenters. The molecule has 4 rings (SSSR count). The first kappa shape index (κ1) is 21.1. The van der Waals surface area contributed by atoms with Crippen molar-refractivity contribution in [2.75, 3.05) is 11.9 Å². The quantitative estimate of drug-likeness (QED) is 0.461. The number of benzene rings is 1. The molecule has 0 spiro atoms. The van der Waals surface area contributed by atoms with Gasteiger partial charge >= 0.3 is 0 Å². The predicted octanol–water partition coefficient (Wildman–Crippen LogP) is 4.56. The summed E-state index contributed by atoms with van der Waals surface area (Å²) in [4.78, 5) is 16.4. The molecule has 0 radical (unpaired) electrons. The average molecular weight is 423 g/mol. The highest BCUT2D eigenvalue weighted by molar-refractivity contribution is 7.71. The molecule has 142 valence electrons. The molecule has 3 heterocycles. The van der Waals surface area contributed by atoms with Crippen molar-refractivity contribution in [3.8, 4) is 0 Å². The third kappa shape index (κ3) is 4.21. The molecule has 6 nitrogen and oxygen atoms in total. The van der Waals surface area contributed by atoms with Crippen molar-refractivity contribution >= 4 is 64.8 Å². The Morgan fingerprint density at radius 2 is 2.00 bits per heavy atom. The van der Waals surface area contributed by atoms with Crippen LogP contribution < -0.4 is 5.32 Å². The number of aromatic amines is 1. The Bertz CT molecular complexity index is 1090. The van der Waals surface area contributed by atoms with Gasteiger partial charge in [0.05, 0.1) is 16.6 Å². The molecule has 1 aromatic carbocycles. The van der Waals surface area contributed by atoms with Crippen LogP contribution in [0.3, 0.4) is 0 Å². The highest BCUT2D eigenvalue weighted by Crippen LogP contribution is 2.25. The molecular formula is C18H20Cl2N6S. The number of fused-ring (bicyclic) bond motifs is 2. The van der Waals surface area contributed by atoms with E-state index in [1.165, 1.54) is 0 Å². The number of nitrogens with one attached hydrogen (secondary N) is 2. The second-order valence-corrected chi connectivity index (χ2v) is 6.17. The fourth-order valence-electron chi connectivity index (χ4n) is 3.02. The lowest BCUT2D eigenvalue weighted by atomic mass is 10.2. The van der Waals surface area contributed by atoms with Crippen molar-refractivity contribution in [2.24, 2.45) is 0 Å². The summed E-state index contributed by atoms with van der Waals surface area (Å²) < 4.78 is 2.80. The van der Waals surface area contributed by atoms with Crippen LogP contribution in [-0.4, -0.2) is 31.0 Å². The molecule has 0 saturated heterocycles. The molecular weight excluding hydrogens is 403 g/mol. The van der Waals surface area contributed by atoms with E-state index in [1.54, 1.807) is 6.33 Å². The van der Waals surface area contributed by atoms with Gasteiger partial charge in [0.2, 0.25) is 0 Å². The van der Waals surface area contributed by atoms with Gasteiger partial charge in [0.25, 0.3) is 0 Å². The normalized spacial score (nSPS) is 10.4. The van der Waals surface area contributed by atoms with Crippen LogP contribution in [0.2, 0.25) is 0 Å². The number of H-pyrrole nitrogens is 1. The van der Waals surface area contributed by atoms with Crippen LogP contribution in [0.15, 0.2) is 42.9 Å². The second-order valence-electron chi connectivity index (χ2n) is 5.78. The Morgan fingerprint density at radius 3 is 2.74 bits per heavy atom. The molecule has 0 aliphatic heterocycles. The predicted molar refractivity (Wildman–Crippen MR) is 117 cm³/mol. The smallest absolute Gasteiger partial charge is 0.178 e. The molecule has 9 heteroatoms. The number of hydrogen-bond donors (Lipinski definition) is 2. The van der Waals surface area contributed by atoms with Crippen molar-refractivity contribution in [1.82, 2.24) is 24.5 Å². The summed E-state index contributed by atoms with van der Waals surface area (Å²) in [5, 5.41) is 4.38. The van der Waals surface area contributed by atoms with Gasteiger partial charge in [0.15, 0.2) is 4.77 Å². The number of hydrogen-bond acceptors (Lipinski definition) is 5. The van der Waals surface area contributed by atoms with Crippen LogP contribution in [0.25, 0.3) is 21.9 Å². The van der Waals surface area contributed by atoms with Crippen LogP contribution in [0, 0.1) is 4.77 Å². The molecule has 2 N–H and O–H groups in total. The van der Waals surface area contributed by atoms with Gasteiger partial charge < -0.3 is 14.9 Å². The third-order valence-electron chi connectivity index (χ3n) is 4.25. The van der Waals surface area contributed by atoms with Gasteiger partial charge in [-0.2, -0.15) is 0 Å². The van der Waals surface area contributed by atoms with Gasteiger partial charge in [-0.15, -0.1) is 24.8 Å². The van der Waals surface area contributed by atoms with E-state index in [1.807, 2.05) is 24.4 Å². The minimum absolute atomic E-state index is 0. The molecule has 27 heavy (non-hydrogen) atoms. The van der Waals surface area contributed by atoms with Gasteiger partial charge in [-0.05, 0) is 43.4 Å². The first-order valence-electron chi connectivity index (χ1n) is 8.27. The fourth-order valence-corrected chi connectivity index (χ4v) is 3.35. The minimum Gasteiger partial charge on any atom is -0.369 e. The van der Waals surface area contributed by atoms with Gasteiger partial charge in [-0.1, -0.05) is 6.07 Å². The lowest BCUT2D eigenvalue weighted by molar-refractivity contribution is 0.774. The number of aryl methyl sites for hydroxylation is 1. The summed E-state index contributed by atoms with van der Waals surface area (Å²) in [5.74, 6) is 0.825. The number of pyridine rings is 1. The number of rotatable bonds is 5. The van der Waals surface area contributed by atoms with E-state index in [0.29, 0.717) is 0 Å². The van der Waals surface area contributed by atoms with Crippen molar-refractivity contribution in [3.63, 3.8) is 0 Å². The van der Waals surface area contributed by atoms with Gasteiger partial charge in [0.1, 0.15) is 12.1 Å². The zero-order chi connectivity index (χ0) is 17.2. The van der Waals surface area contributed by atoms with E-state index in [0.717, 1.165) is 57.7 Å². The van der Waals surface area contributed by atoms with E-state index < -0.39 is 0 Å². The van der Waals surface area contributed by atoms with Crippen molar-refractivity contribution in [3.05, 3.63) is 53.3 Å². The Balaban J connectivity index is 0.00000131. The first-order chi connectivity index (χ1) is 12.3.